The second-order valence-electron chi connectivity index (χ2n) is 11.1. The van der Waals surface area contributed by atoms with E-state index < -0.39 is 54.0 Å². The van der Waals surface area contributed by atoms with E-state index in [0.29, 0.717) is 18.7 Å². The minimum atomic E-state index is -2.05. The van der Waals surface area contributed by atoms with Gasteiger partial charge >= 0.3 is 0 Å². The fourth-order valence-electron chi connectivity index (χ4n) is 5.80. The second kappa shape index (κ2) is 12.1. The van der Waals surface area contributed by atoms with Crippen LogP contribution >= 0.6 is 0 Å². The molecule has 0 unspecified atom stereocenters. The Morgan fingerprint density at radius 3 is 2.56 bits per heavy atom. The summed E-state index contributed by atoms with van der Waals surface area (Å²) in [5.74, 6) is -2.65. The third-order valence-corrected chi connectivity index (χ3v) is 8.40. The number of nitrogens with one attached hydrogen (secondary N) is 2. The number of carbonyl (C=O) groups excluding carboxylic acids is 3. The molecule has 0 spiro atoms. The molecule has 3 aliphatic heterocycles. The highest BCUT2D eigenvalue weighted by Gasteiger charge is 2.49. The molecule has 8 N–H and O–H groups in total. The average Bonchev–Trinajstić information content (AvgIpc) is 3.26. The molecular weight excluding hydrogens is 562 g/mol. The molecule has 0 bridgehead atoms. The predicted octanol–water partition coefficient (Wildman–Crippen LogP) is -0.907. The molecule has 43 heavy (non-hydrogen) atoms. The Labute approximate surface area is 247 Å². The number of anilines is 2. The number of fused-ring (bicyclic) bond motifs is 2. The molecule has 3 heterocycles. The van der Waals surface area contributed by atoms with Gasteiger partial charge in [-0.2, -0.15) is 0 Å². The Hall–Kier alpha value is -3.69. The van der Waals surface area contributed by atoms with Gasteiger partial charge in [-0.1, -0.05) is 43.3 Å². The van der Waals surface area contributed by atoms with Crippen molar-refractivity contribution in [2.75, 3.05) is 17.2 Å². The van der Waals surface area contributed by atoms with Gasteiger partial charge in [-0.05, 0) is 35.7 Å². The van der Waals surface area contributed by atoms with Crippen LogP contribution in [0.3, 0.4) is 0 Å². The van der Waals surface area contributed by atoms with E-state index in [1.807, 2.05) is 24.3 Å². The minimum Gasteiger partial charge on any atom is -0.394 e. The van der Waals surface area contributed by atoms with Crippen molar-refractivity contribution >= 4 is 29.1 Å². The van der Waals surface area contributed by atoms with Gasteiger partial charge in [-0.3, -0.25) is 14.4 Å². The first kappa shape index (κ1) is 30.8. The number of aliphatic hydroxyl groups is 6. The Balaban J connectivity index is 1.28. The summed E-state index contributed by atoms with van der Waals surface area (Å²) in [5, 5.41) is 65.9. The van der Waals surface area contributed by atoms with E-state index in [9.17, 15) is 45.0 Å². The molecule has 2 aromatic rings. The number of aliphatic hydroxyl groups excluding tert-OH is 5. The monoisotopic (exact) mass is 597 g/mol. The van der Waals surface area contributed by atoms with Crippen molar-refractivity contribution in [3.8, 4) is 0 Å². The first-order chi connectivity index (χ1) is 20.4. The molecule has 0 aliphatic carbocycles. The normalized spacial score (nSPS) is 30.9. The molecule has 0 aromatic heterocycles. The summed E-state index contributed by atoms with van der Waals surface area (Å²) in [6.07, 6.45) is -5.40. The van der Waals surface area contributed by atoms with Gasteiger partial charge in [0.05, 0.1) is 12.6 Å². The van der Waals surface area contributed by atoms with Gasteiger partial charge in [0.2, 0.25) is 5.91 Å². The topological polar surface area (TPSA) is 209 Å². The number of amides is 3. The molecule has 3 aliphatic rings. The van der Waals surface area contributed by atoms with Crippen LogP contribution in [0.15, 0.2) is 54.6 Å². The fourth-order valence-corrected chi connectivity index (χ4v) is 5.80. The Morgan fingerprint density at radius 1 is 1.12 bits per heavy atom. The smallest absolute Gasteiger partial charge is 0.261 e. The summed E-state index contributed by atoms with van der Waals surface area (Å²) in [6, 6.07) is 11.7. The number of rotatable bonds is 7. The first-order valence-electron chi connectivity index (χ1n) is 14.0. The van der Waals surface area contributed by atoms with E-state index in [4.69, 9.17) is 4.74 Å². The van der Waals surface area contributed by atoms with Gasteiger partial charge in [-0.15, -0.1) is 0 Å². The van der Waals surface area contributed by atoms with E-state index in [0.717, 1.165) is 11.1 Å². The molecule has 5 rings (SSSR count). The third-order valence-electron chi connectivity index (χ3n) is 8.40. The predicted molar refractivity (Wildman–Crippen MR) is 151 cm³/mol. The van der Waals surface area contributed by atoms with E-state index in [1.54, 1.807) is 24.0 Å². The maximum Gasteiger partial charge on any atom is 0.261 e. The minimum absolute atomic E-state index is 0.0141. The molecule has 1 fully saturated rings. The SMILES string of the molecule is C[C@@H](/C=C/CC(=O)N1Cc2ccccc2C[C@H]1CO)[C@]1(O)C(=O)Nc2ccc(NC(=O)[C@H]3O[C@@H](O)[C@H](O)[C@@H](O)[C@@H]3O)cc21. The number of benzene rings is 2. The fraction of sp³-hybridized carbons (Fsp3) is 0.433. The number of hydrogen-bond acceptors (Lipinski definition) is 10. The van der Waals surface area contributed by atoms with Crippen molar-refractivity contribution in [3.05, 3.63) is 71.3 Å². The number of hydrogen-bond donors (Lipinski definition) is 8. The van der Waals surface area contributed by atoms with Gasteiger partial charge in [0.15, 0.2) is 18.0 Å². The number of nitrogens with zero attached hydrogens (tertiary/aromatic N) is 1. The zero-order valence-electron chi connectivity index (χ0n) is 23.3. The molecule has 13 heteroatoms. The quantitative estimate of drug-likeness (QED) is 0.184. The third kappa shape index (κ3) is 5.68. The van der Waals surface area contributed by atoms with E-state index in [-0.39, 0.29) is 36.2 Å². The molecule has 13 nitrogen and oxygen atoms in total. The lowest BCUT2D eigenvalue weighted by Crippen LogP contribution is -2.60. The number of ether oxygens (including phenoxy) is 1. The standard InChI is InChI=1S/C30H35N3O10/c1-15(5-4-8-22(35)33-13-17-7-3-2-6-16(17)11-19(33)14-34)30(42)20-12-18(9-10-21(20)32-29(30)41)31-27(39)26-24(37)23(36)25(38)28(40)43-26/h2-7,9-10,12,15,19,23-26,28,34,36-38,40,42H,8,11,13-14H2,1H3,(H,31,39)(H,32,41)/b5-4+/t15-,19-,23-,24-,25+,26-,28+,30+/m0/s1. The molecule has 3 amide bonds. The van der Waals surface area contributed by atoms with Crippen molar-refractivity contribution in [2.45, 2.75) is 68.7 Å². The molecule has 2 aromatic carbocycles. The Morgan fingerprint density at radius 2 is 1.84 bits per heavy atom. The van der Waals surface area contributed by atoms with E-state index >= 15 is 0 Å². The van der Waals surface area contributed by atoms with Gasteiger partial charge in [0.1, 0.15) is 18.3 Å². The molecule has 0 saturated carbocycles. The maximum absolute atomic E-state index is 13.1. The first-order valence-corrected chi connectivity index (χ1v) is 14.0. The summed E-state index contributed by atoms with van der Waals surface area (Å²) in [6.45, 7) is 1.80. The molecular formula is C30H35N3O10. The lowest BCUT2D eigenvalue weighted by atomic mass is 9.82. The largest absolute Gasteiger partial charge is 0.394 e. The molecule has 0 radical (unpaired) electrons. The lowest BCUT2D eigenvalue weighted by molar-refractivity contribution is -0.274. The van der Waals surface area contributed by atoms with Crippen LogP contribution in [0, 0.1) is 5.92 Å². The second-order valence-corrected chi connectivity index (χ2v) is 11.1. The zero-order chi connectivity index (χ0) is 31.1. The summed E-state index contributed by atoms with van der Waals surface area (Å²) >= 11 is 0. The lowest BCUT2D eigenvalue weighted by Gasteiger charge is -2.37. The van der Waals surface area contributed by atoms with Crippen molar-refractivity contribution in [1.82, 2.24) is 4.90 Å². The highest BCUT2D eigenvalue weighted by molar-refractivity contribution is 6.06. The van der Waals surface area contributed by atoms with Gasteiger partial charge in [0, 0.05) is 35.8 Å². The van der Waals surface area contributed by atoms with Crippen LogP contribution < -0.4 is 10.6 Å². The van der Waals surface area contributed by atoms with Crippen LogP contribution in [0.25, 0.3) is 0 Å². The Kier molecular flexibility index (Phi) is 8.68. The highest BCUT2D eigenvalue weighted by atomic mass is 16.6. The Bertz CT molecular complexity index is 1430. The summed E-state index contributed by atoms with van der Waals surface area (Å²) in [7, 11) is 0. The van der Waals surface area contributed by atoms with Crippen LogP contribution in [-0.2, 0) is 37.7 Å². The highest BCUT2D eigenvalue weighted by Crippen LogP contribution is 2.43. The molecule has 8 atom stereocenters. The van der Waals surface area contributed by atoms with Gasteiger partial charge < -0.3 is 50.9 Å². The van der Waals surface area contributed by atoms with E-state index in [1.165, 1.54) is 18.2 Å². The summed E-state index contributed by atoms with van der Waals surface area (Å²) in [4.78, 5) is 40.4. The molecule has 230 valence electrons. The van der Waals surface area contributed by atoms with E-state index in [2.05, 4.69) is 10.6 Å². The van der Waals surface area contributed by atoms with Crippen LogP contribution in [0.1, 0.15) is 30.0 Å². The van der Waals surface area contributed by atoms with Crippen molar-refractivity contribution in [2.24, 2.45) is 5.92 Å². The van der Waals surface area contributed by atoms with Crippen LogP contribution in [0.2, 0.25) is 0 Å². The van der Waals surface area contributed by atoms with Crippen LogP contribution in [0.4, 0.5) is 11.4 Å². The van der Waals surface area contributed by atoms with Crippen LogP contribution in [0.5, 0.6) is 0 Å². The summed E-state index contributed by atoms with van der Waals surface area (Å²) < 4.78 is 4.96. The zero-order valence-corrected chi connectivity index (χ0v) is 23.3. The molecule has 1 saturated heterocycles. The summed E-state index contributed by atoms with van der Waals surface area (Å²) in [5.41, 5.74) is 0.648. The van der Waals surface area contributed by atoms with Crippen molar-refractivity contribution in [1.29, 1.82) is 0 Å². The van der Waals surface area contributed by atoms with Crippen LogP contribution in [-0.4, -0.2) is 96.6 Å². The van der Waals surface area contributed by atoms with Crippen molar-refractivity contribution in [3.63, 3.8) is 0 Å². The van der Waals surface area contributed by atoms with Gasteiger partial charge in [-0.25, -0.2) is 0 Å². The van der Waals surface area contributed by atoms with Gasteiger partial charge in [0.25, 0.3) is 11.8 Å². The average molecular weight is 598 g/mol. The van der Waals surface area contributed by atoms with Crippen molar-refractivity contribution < 1.29 is 49.8 Å². The maximum atomic E-state index is 13.1. The number of carbonyl (C=O) groups is 3.